The van der Waals surface area contributed by atoms with E-state index in [0.29, 0.717) is 12.2 Å². The van der Waals surface area contributed by atoms with Gasteiger partial charge in [0.1, 0.15) is 11.6 Å². The van der Waals surface area contributed by atoms with Gasteiger partial charge in [-0.2, -0.15) is 0 Å². The van der Waals surface area contributed by atoms with Crippen LogP contribution in [-0.4, -0.2) is 27.2 Å². The molecule has 1 aromatic heterocycles. The largest absolute Gasteiger partial charge is 0.481 e. The minimum atomic E-state index is -0.378. The van der Waals surface area contributed by atoms with E-state index in [0.717, 1.165) is 29.4 Å². The highest BCUT2D eigenvalue weighted by molar-refractivity contribution is 7.99. The quantitative estimate of drug-likeness (QED) is 0.852. The van der Waals surface area contributed by atoms with Crippen LogP contribution in [0.5, 0.6) is 5.75 Å². The molecular weight excluding hydrogens is 284 g/mol. The number of para-hydroxylation sites is 1. The lowest BCUT2D eigenvalue weighted by Crippen LogP contribution is -2.34. The molecule has 0 fully saturated rings. The highest BCUT2D eigenvalue weighted by Crippen LogP contribution is 2.35. The Hall–Kier alpha value is -1.75. The Kier molecular flexibility index (Phi) is 4.29. The number of thioether (sulfide) groups is 1. The Bertz CT molecular complexity index is 639. The van der Waals surface area contributed by atoms with Crippen LogP contribution in [0.15, 0.2) is 41.6 Å². The van der Waals surface area contributed by atoms with Crippen LogP contribution in [0.2, 0.25) is 0 Å². The van der Waals surface area contributed by atoms with Crippen LogP contribution in [0.25, 0.3) is 0 Å². The van der Waals surface area contributed by atoms with Crippen LogP contribution in [0.3, 0.4) is 0 Å². The van der Waals surface area contributed by atoms with Gasteiger partial charge in [-0.15, -0.1) is 11.8 Å². The standard InChI is InChI=1S/C16H18N2O2S/c1-2-8-18-9-7-17-16(18)10-12(19)14-11-21-15-6-4-3-5-13(15)20-14/h3-7,9,14H,2,8,10-11H2,1H3. The van der Waals surface area contributed by atoms with Crippen LogP contribution in [-0.2, 0) is 17.8 Å². The maximum absolute atomic E-state index is 12.4. The van der Waals surface area contributed by atoms with Crippen LogP contribution in [0, 0.1) is 0 Å². The molecule has 2 heterocycles. The third kappa shape index (κ3) is 3.13. The van der Waals surface area contributed by atoms with Gasteiger partial charge in [-0.05, 0) is 18.6 Å². The van der Waals surface area contributed by atoms with Crippen LogP contribution >= 0.6 is 11.8 Å². The van der Waals surface area contributed by atoms with Crippen LogP contribution in [0.1, 0.15) is 19.2 Å². The molecule has 1 unspecified atom stereocenters. The zero-order chi connectivity index (χ0) is 14.7. The number of aryl methyl sites for hydroxylation is 1. The average molecular weight is 302 g/mol. The SMILES string of the molecule is CCCn1ccnc1CC(=O)C1CSc2ccccc2O1. The molecule has 3 rings (SSSR count). The molecular formula is C16H18N2O2S. The van der Waals surface area contributed by atoms with Crippen molar-refractivity contribution in [3.05, 3.63) is 42.5 Å². The summed E-state index contributed by atoms with van der Waals surface area (Å²) in [6, 6.07) is 7.85. The van der Waals surface area contributed by atoms with E-state index in [1.165, 1.54) is 0 Å². The van der Waals surface area contributed by atoms with Crippen molar-refractivity contribution in [1.82, 2.24) is 9.55 Å². The van der Waals surface area contributed by atoms with Crippen molar-refractivity contribution in [3.63, 3.8) is 0 Å². The van der Waals surface area contributed by atoms with E-state index in [2.05, 4.69) is 11.9 Å². The Balaban J connectivity index is 1.68. The van der Waals surface area contributed by atoms with Crippen molar-refractivity contribution in [2.75, 3.05) is 5.75 Å². The van der Waals surface area contributed by atoms with Gasteiger partial charge in [-0.25, -0.2) is 4.98 Å². The van der Waals surface area contributed by atoms with E-state index in [1.807, 2.05) is 35.0 Å². The third-order valence-corrected chi connectivity index (χ3v) is 4.58. The summed E-state index contributed by atoms with van der Waals surface area (Å²) in [5.74, 6) is 2.41. The van der Waals surface area contributed by atoms with E-state index in [-0.39, 0.29) is 11.9 Å². The van der Waals surface area contributed by atoms with Crippen molar-refractivity contribution in [2.45, 2.75) is 37.3 Å². The normalized spacial score (nSPS) is 17.1. The van der Waals surface area contributed by atoms with Gasteiger partial charge in [0.05, 0.1) is 6.42 Å². The maximum atomic E-state index is 12.4. The summed E-state index contributed by atoms with van der Waals surface area (Å²) in [4.78, 5) is 17.8. The Morgan fingerprint density at radius 3 is 3.19 bits per heavy atom. The number of rotatable bonds is 5. The van der Waals surface area contributed by atoms with Crippen LogP contribution in [0.4, 0.5) is 0 Å². The molecule has 110 valence electrons. The number of carbonyl (C=O) groups excluding carboxylic acids is 1. The van der Waals surface area contributed by atoms with E-state index >= 15 is 0 Å². The van der Waals surface area contributed by atoms with Gasteiger partial charge in [-0.3, -0.25) is 4.79 Å². The van der Waals surface area contributed by atoms with Crippen molar-refractivity contribution in [2.24, 2.45) is 0 Å². The third-order valence-electron chi connectivity index (χ3n) is 3.47. The number of aromatic nitrogens is 2. The summed E-state index contributed by atoms with van der Waals surface area (Å²) in [7, 11) is 0. The summed E-state index contributed by atoms with van der Waals surface area (Å²) < 4.78 is 7.88. The molecule has 0 bridgehead atoms. The summed E-state index contributed by atoms with van der Waals surface area (Å²) in [6.45, 7) is 3.01. The molecule has 0 amide bonds. The number of hydrogen-bond acceptors (Lipinski definition) is 4. The summed E-state index contributed by atoms with van der Waals surface area (Å²) >= 11 is 1.68. The number of hydrogen-bond donors (Lipinski definition) is 0. The molecule has 1 aliphatic rings. The fourth-order valence-electron chi connectivity index (χ4n) is 2.40. The first kappa shape index (κ1) is 14.2. The second-order valence-electron chi connectivity index (χ2n) is 5.04. The highest BCUT2D eigenvalue weighted by atomic mass is 32.2. The number of ketones is 1. The second kappa shape index (κ2) is 6.35. The second-order valence-corrected chi connectivity index (χ2v) is 6.11. The predicted octanol–water partition coefficient (Wildman–Crippen LogP) is 2.96. The minimum absolute atomic E-state index is 0.0977. The highest BCUT2D eigenvalue weighted by Gasteiger charge is 2.27. The monoisotopic (exact) mass is 302 g/mol. The van der Waals surface area contributed by atoms with Crippen LogP contribution < -0.4 is 4.74 Å². The lowest BCUT2D eigenvalue weighted by atomic mass is 10.1. The molecule has 21 heavy (non-hydrogen) atoms. The molecule has 1 aliphatic heterocycles. The summed E-state index contributed by atoms with van der Waals surface area (Å²) in [5, 5.41) is 0. The molecule has 0 saturated heterocycles. The molecule has 1 atom stereocenters. The molecule has 0 aliphatic carbocycles. The van der Waals surface area contributed by atoms with Gasteiger partial charge in [0.2, 0.25) is 0 Å². The van der Waals surface area contributed by atoms with E-state index < -0.39 is 0 Å². The van der Waals surface area contributed by atoms with Crippen molar-refractivity contribution >= 4 is 17.5 Å². The summed E-state index contributed by atoms with van der Waals surface area (Å²) in [5.41, 5.74) is 0. The number of nitrogens with zero attached hydrogens (tertiary/aromatic N) is 2. The lowest BCUT2D eigenvalue weighted by molar-refractivity contribution is -0.124. The number of ether oxygens (including phenoxy) is 1. The first-order valence-electron chi connectivity index (χ1n) is 7.19. The number of benzene rings is 1. The smallest absolute Gasteiger partial charge is 0.181 e. The number of carbonyl (C=O) groups is 1. The van der Waals surface area contributed by atoms with E-state index in [9.17, 15) is 4.79 Å². The predicted molar refractivity (Wildman–Crippen MR) is 82.8 cm³/mol. The van der Waals surface area contributed by atoms with Gasteiger partial charge >= 0.3 is 0 Å². The van der Waals surface area contributed by atoms with Crippen molar-refractivity contribution < 1.29 is 9.53 Å². The molecule has 0 saturated carbocycles. The Morgan fingerprint density at radius 1 is 1.48 bits per heavy atom. The first-order valence-corrected chi connectivity index (χ1v) is 8.17. The molecule has 2 aromatic rings. The maximum Gasteiger partial charge on any atom is 0.181 e. The molecule has 0 N–H and O–H groups in total. The van der Waals surface area contributed by atoms with Crippen molar-refractivity contribution in [1.29, 1.82) is 0 Å². The summed E-state index contributed by atoms with van der Waals surface area (Å²) in [6.07, 6.45) is 4.67. The molecule has 0 radical (unpaired) electrons. The Morgan fingerprint density at radius 2 is 2.33 bits per heavy atom. The van der Waals surface area contributed by atoms with Gasteiger partial charge in [0.15, 0.2) is 11.9 Å². The van der Waals surface area contributed by atoms with Gasteiger partial charge in [-0.1, -0.05) is 19.1 Å². The van der Waals surface area contributed by atoms with Crippen molar-refractivity contribution in [3.8, 4) is 5.75 Å². The number of fused-ring (bicyclic) bond motifs is 1. The molecule has 1 aromatic carbocycles. The fraction of sp³-hybridized carbons (Fsp3) is 0.375. The number of imidazole rings is 1. The van der Waals surface area contributed by atoms with Gasteiger partial charge in [0, 0.05) is 29.6 Å². The lowest BCUT2D eigenvalue weighted by Gasteiger charge is -2.24. The first-order chi connectivity index (χ1) is 10.3. The minimum Gasteiger partial charge on any atom is -0.481 e. The molecule has 4 nitrogen and oxygen atoms in total. The molecule has 0 spiro atoms. The topological polar surface area (TPSA) is 44.1 Å². The van der Waals surface area contributed by atoms with E-state index in [4.69, 9.17) is 4.74 Å². The number of Topliss-reactive ketones (excluding diaryl/α,β-unsaturated/α-hetero) is 1. The van der Waals surface area contributed by atoms with E-state index in [1.54, 1.807) is 18.0 Å². The zero-order valence-electron chi connectivity index (χ0n) is 12.0. The van der Waals surface area contributed by atoms with Gasteiger partial charge in [0.25, 0.3) is 0 Å². The van der Waals surface area contributed by atoms with Gasteiger partial charge < -0.3 is 9.30 Å². The zero-order valence-corrected chi connectivity index (χ0v) is 12.8. The average Bonchev–Trinajstić information content (AvgIpc) is 2.94. The Labute approximate surface area is 128 Å². The molecule has 5 heteroatoms. The fourth-order valence-corrected chi connectivity index (χ4v) is 3.42.